The van der Waals surface area contributed by atoms with Gasteiger partial charge in [0.05, 0.1) is 30.9 Å². The van der Waals surface area contributed by atoms with E-state index in [1.54, 1.807) is 18.2 Å². The molecule has 0 aliphatic heterocycles. The molecule has 0 aliphatic rings. The number of hydrogen-bond acceptors (Lipinski definition) is 6. The third-order valence-corrected chi connectivity index (χ3v) is 4.82. The van der Waals surface area contributed by atoms with Gasteiger partial charge in [-0.1, -0.05) is 25.1 Å². The van der Waals surface area contributed by atoms with Crippen molar-refractivity contribution in [1.82, 2.24) is 4.98 Å². The van der Waals surface area contributed by atoms with Gasteiger partial charge in [0, 0.05) is 11.1 Å². The average Bonchev–Trinajstić information content (AvgIpc) is 2.76. The second-order valence-corrected chi connectivity index (χ2v) is 6.49. The normalized spacial score (nSPS) is 10.6. The lowest BCUT2D eigenvalue weighted by atomic mass is 10.0. The van der Waals surface area contributed by atoms with Crippen molar-refractivity contribution in [2.24, 2.45) is 0 Å². The molecule has 1 heterocycles. The highest BCUT2D eigenvalue weighted by atomic mass is 16.5. The quantitative estimate of drug-likeness (QED) is 0.443. The van der Waals surface area contributed by atoms with E-state index in [2.05, 4.69) is 4.98 Å². The van der Waals surface area contributed by atoms with Crippen molar-refractivity contribution in [2.75, 3.05) is 20.8 Å². The molecule has 0 aliphatic carbocycles. The number of Topliss-reactive ketones (excluding diaryl/α,β-unsaturated/α-hetero) is 1. The summed E-state index contributed by atoms with van der Waals surface area (Å²) in [6.45, 7) is 3.43. The minimum absolute atomic E-state index is 0.296. The molecule has 0 fully saturated rings. The average molecular weight is 393 g/mol. The van der Waals surface area contributed by atoms with Crippen LogP contribution >= 0.6 is 0 Å². The van der Waals surface area contributed by atoms with Gasteiger partial charge in [0.2, 0.25) is 5.78 Å². The van der Waals surface area contributed by atoms with Crippen molar-refractivity contribution >= 4 is 22.7 Å². The number of carbonyl (C=O) groups is 2. The fourth-order valence-corrected chi connectivity index (χ4v) is 3.28. The molecule has 0 radical (unpaired) electrons. The third-order valence-electron chi connectivity index (χ3n) is 4.82. The molecule has 2 aromatic carbocycles. The third kappa shape index (κ3) is 4.06. The first kappa shape index (κ1) is 20.3. The van der Waals surface area contributed by atoms with Crippen molar-refractivity contribution in [3.8, 4) is 11.5 Å². The first-order valence-corrected chi connectivity index (χ1v) is 9.30. The van der Waals surface area contributed by atoms with Crippen LogP contribution in [0.2, 0.25) is 0 Å². The Hall–Kier alpha value is -3.41. The van der Waals surface area contributed by atoms with Crippen LogP contribution in [0, 0.1) is 6.92 Å². The first-order valence-electron chi connectivity index (χ1n) is 9.30. The molecule has 0 N–H and O–H groups in total. The van der Waals surface area contributed by atoms with Crippen molar-refractivity contribution in [1.29, 1.82) is 0 Å². The van der Waals surface area contributed by atoms with Gasteiger partial charge < -0.3 is 14.2 Å². The topological polar surface area (TPSA) is 74.7 Å². The lowest BCUT2D eigenvalue weighted by Gasteiger charge is -2.14. The highest BCUT2D eigenvalue weighted by Crippen LogP contribution is 2.26. The summed E-state index contributed by atoms with van der Waals surface area (Å²) in [5.74, 6) is -0.0125. The van der Waals surface area contributed by atoms with Gasteiger partial charge in [0.25, 0.3) is 0 Å². The number of esters is 1. The Morgan fingerprint density at radius 1 is 1.03 bits per heavy atom. The number of rotatable bonds is 7. The predicted octanol–water partition coefficient (Wildman–Crippen LogP) is 4.16. The van der Waals surface area contributed by atoms with E-state index in [-0.39, 0.29) is 5.78 Å². The fourth-order valence-electron chi connectivity index (χ4n) is 3.28. The molecule has 0 unspecified atom stereocenters. The summed E-state index contributed by atoms with van der Waals surface area (Å²) in [6, 6.07) is 12.3. The number of para-hydroxylation sites is 1. The Labute approximate surface area is 169 Å². The summed E-state index contributed by atoms with van der Waals surface area (Å²) in [4.78, 5) is 30.2. The van der Waals surface area contributed by atoms with Crippen LogP contribution in [0.15, 0.2) is 42.5 Å². The summed E-state index contributed by atoms with van der Waals surface area (Å²) in [6.07, 6.45) is 0.691. The summed E-state index contributed by atoms with van der Waals surface area (Å²) >= 11 is 0. The monoisotopic (exact) mass is 393 g/mol. The molecule has 150 valence electrons. The Bertz CT molecular complexity index is 1070. The highest BCUT2D eigenvalue weighted by Gasteiger charge is 2.21. The summed E-state index contributed by atoms with van der Waals surface area (Å²) in [5, 5.41) is 0.707. The van der Waals surface area contributed by atoms with Crippen LogP contribution in [0.1, 0.15) is 38.9 Å². The number of aryl methyl sites for hydroxylation is 1. The predicted molar refractivity (Wildman–Crippen MR) is 110 cm³/mol. The van der Waals surface area contributed by atoms with E-state index >= 15 is 0 Å². The maximum absolute atomic E-state index is 12.9. The van der Waals surface area contributed by atoms with Crippen molar-refractivity contribution < 1.29 is 23.8 Å². The van der Waals surface area contributed by atoms with Gasteiger partial charge in [0.15, 0.2) is 6.61 Å². The fraction of sp³-hybridized carbons (Fsp3) is 0.261. The van der Waals surface area contributed by atoms with E-state index in [1.165, 1.54) is 14.2 Å². The Morgan fingerprint density at radius 3 is 2.48 bits per heavy atom. The van der Waals surface area contributed by atoms with E-state index in [9.17, 15) is 9.59 Å². The van der Waals surface area contributed by atoms with Crippen molar-refractivity contribution in [2.45, 2.75) is 20.3 Å². The number of pyridine rings is 1. The smallest absolute Gasteiger partial charge is 0.339 e. The van der Waals surface area contributed by atoms with Crippen molar-refractivity contribution in [3.05, 3.63) is 64.8 Å². The standard InChI is InChI=1S/C23H23NO5/c1-5-18-14(2)22(16-8-6-7-9-19(16)24-18)23(26)29-13-20(25)17-12-15(27-3)10-11-21(17)28-4/h6-12H,5,13H2,1-4H3. The van der Waals surface area contributed by atoms with Crippen LogP contribution < -0.4 is 9.47 Å². The van der Waals surface area contributed by atoms with E-state index in [4.69, 9.17) is 14.2 Å². The van der Waals surface area contributed by atoms with Gasteiger partial charge in [-0.05, 0) is 43.2 Å². The Kier molecular flexibility index (Phi) is 6.12. The van der Waals surface area contributed by atoms with E-state index < -0.39 is 12.6 Å². The van der Waals surface area contributed by atoms with E-state index in [0.29, 0.717) is 34.4 Å². The molecule has 1 aromatic heterocycles. The SMILES string of the molecule is CCc1nc2ccccc2c(C(=O)OCC(=O)c2cc(OC)ccc2OC)c1C. The lowest BCUT2D eigenvalue weighted by molar-refractivity contribution is 0.0475. The van der Waals surface area contributed by atoms with Crippen LogP contribution in [0.4, 0.5) is 0 Å². The second-order valence-electron chi connectivity index (χ2n) is 6.49. The molecule has 6 nitrogen and oxygen atoms in total. The number of ether oxygens (including phenoxy) is 3. The molecule has 0 amide bonds. The van der Waals surface area contributed by atoms with Gasteiger partial charge in [-0.3, -0.25) is 9.78 Å². The van der Waals surface area contributed by atoms with Crippen LogP contribution in [-0.4, -0.2) is 37.6 Å². The first-order chi connectivity index (χ1) is 14.0. The lowest BCUT2D eigenvalue weighted by Crippen LogP contribution is -2.17. The number of aromatic nitrogens is 1. The largest absolute Gasteiger partial charge is 0.497 e. The van der Waals surface area contributed by atoms with Crippen LogP contribution in [0.5, 0.6) is 11.5 Å². The second kappa shape index (κ2) is 8.73. The van der Waals surface area contributed by atoms with Gasteiger partial charge in [-0.2, -0.15) is 0 Å². The summed E-state index contributed by atoms with van der Waals surface area (Å²) in [5.41, 5.74) is 3.06. The van der Waals surface area contributed by atoms with E-state index in [0.717, 1.165) is 16.8 Å². The summed E-state index contributed by atoms with van der Waals surface area (Å²) < 4.78 is 15.8. The van der Waals surface area contributed by atoms with Crippen LogP contribution in [-0.2, 0) is 11.2 Å². The van der Waals surface area contributed by atoms with Gasteiger partial charge in [0.1, 0.15) is 11.5 Å². The zero-order valence-corrected chi connectivity index (χ0v) is 16.9. The minimum Gasteiger partial charge on any atom is -0.497 e. The highest BCUT2D eigenvalue weighted by molar-refractivity contribution is 6.07. The Balaban J connectivity index is 1.89. The van der Waals surface area contributed by atoms with Gasteiger partial charge in [-0.15, -0.1) is 0 Å². The zero-order chi connectivity index (χ0) is 21.0. The molecular formula is C23H23NO5. The molecular weight excluding hydrogens is 370 g/mol. The number of methoxy groups -OCH3 is 2. The number of carbonyl (C=O) groups excluding carboxylic acids is 2. The number of nitrogens with zero attached hydrogens (tertiary/aromatic N) is 1. The molecule has 0 saturated heterocycles. The summed E-state index contributed by atoms with van der Waals surface area (Å²) in [7, 11) is 2.99. The molecule has 29 heavy (non-hydrogen) atoms. The van der Waals surface area contributed by atoms with Gasteiger partial charge >= 0.3 is 5.97 Å². The van der Waals surface area contributed by atoms with E-state index in [1.807, 2.05) is 38.1 Å². The molecule has 3 rings (SSSR count). The molecule has 0 atom stereocenters. The zero-order valence-electron chi connectivity index (χ0n) is 16.9. The molecule has 0 saturated carbocycles. The number of fused-ring (bicyclic) bond motifs is 1. The number of ketones is 1. The van der Waals surface area contributed by atoms with Crippen LogP contribution in [0.25, 0.3) is 10.9 Å². The number of hydrogen-bond donors (Lipinski definition) is 0. The maximum Gasteiger partial charge on any atom is 0.339 e. The molecule has 0 bridgehead atoms. The number of benzene rings is 2. The molecule has 0 spiro atoms. The Morgan fingerprint density at radius 2 is 1.79 bits per heavy atom. The van der Waals surface area contributed by atoms with Crippen LogP contribution in [0.3, 0.4) is 0 Å². The maximum atomic E-state index is 12.9. The minimum atomic E-state index is -0.550. The van der Waals surface area contributed by atoms with Gasteiger partial charge in [-0.25, -0.2) is 4.79 Å². The molecule has 3 aromatic rings. The molecule has 6 heteroatoms. The van der Waals surface area contributed by atoms with Crippen molar-refractivity contribution in [3.63, 3.8) is 0 Å².